The lowest BCUT2D eigenvalue weighted by molar-refractivity contribution is -0.224. The minimum atomic E-state index is -3.53. The van der Waals surface area contributed by atoms with E-state index in [-0.39, 0.29) is 12.7 Å². The Morgan fingerprint density at radius 3 is 2.29 bits per heavy atom. The fraction of sp³-hybridized carbons (Fsp3) is 1.00. The summed E-state index contributed by atoms with van der Waals surface area (Å²) in [6.07, 6.45) is 0.542. The molecule has 0 spiro atoms. The van der Waals surface area contributed by atoms with Gasteiger partial charge >= 0.3 is 7.82 Å². The Hall–Kier alpha value is 0.0700. The average Bonchev–Trinajstić information content (AvgIpc) is 2.15. The van der Waals surface area contributed by atoms with Crippen LogP contribution in [0.4, 0.5) is 0 Å². The Kier molecular flexibility index (Phi) is 7.41. The molecule has 0 fully saturated rings. The van der Waals surface area contributed by atoms with Gasteiger partial charge in [0.1, 0.15) is 0 Å². The van der Waals surface area contributed by atoms with Crippen molar-refractivity contribution in [2.75, 3.05) is 13.2 Å². The first kappa shape index (κ1) is 14.1. The van der Waals surface area contributed by atoms with E-state index in [0.717, 1.165) is 6.42 Å². The first-order valence-electron chi connectivity index (χ1n) is 4.82. The monoisotopic (exact) mass is 226 g/mol. The molecule has 0 saturated heterocycles. The van der Waals surface area contributed by atoms with E-state index in [2.05, 4.69) is 9.56 Å². The first-order chi connectivity index (χ1) is 6.58. The molecular formula is C8H19O5P. The highest BCUT2D eigenvalue weighted by atomic mass is 31.2. The Bertz CT molecular complexity index is 185. The number of phosphoric ester groups is 1. The molecule has 0 aromatic rings. The van der Waals surface area contributed by atoms with Gasteiger partial charge in [-0.3, -0.25) is 9.05 Å². The van der Waals surface area contributed by atoms with Crippen molar-refractivity contribution in [1.82, 2.24) is 0 Å². The quantitative estimate of drug-likeness (QED) is 0.362. The van der Waals surface area contributed by atoms with Gasteiger partial charge in [-0.1, -0.05) is 6.92 Å². The van der Waals surface area contributed by atoms with Crippen molar-refractivity contribution in [2.45, 2.75) is 40.2 Å². The van der Waals surface area contributed by atoms with E-state index in [4.69, 9.17) is 9.05 Å². The third-order valence-corrected chi connectivity index (χ3v) is 2.91. The number of hydrogen-bond donors (Lipinski definition) is 0. The summed E-state index contributed by atoms with van der Waals surface area (Å²) in [4.78, 5) is 4.58. The van der Waals surface area contributed by atoms with Gasteiger partial charge in [-0.25, -0.2) is 9.45 Å². The molecule has 0 bridgehead atoms. The molecule has 0 amide bonds. The zero-order valence-corrected chi connectivity index (χ0v) is 10.1. The minimum Gasteiger partial charge on any atom is -0.286 e. The van der Waals surface area contributed by atoms with Crippen molar-refractivity contribution < 1.29 is 23.2 Å². The van der Waals surface area contributed by atoms with Crippen molar-refractivity contribution in [3.63, 3.8) is 0 Å². The minimum absolute atomic E-state index is 0.187. The molecule has 0 aliphatic heterocycles. The lowest BCUT2D eigenvalue weighted by atomic mass is 10.3. The fourth-order valence-electron chi connectivity index (χ4n) is 0.640. The molecule has 0 saturated carbocycles. The van der Waals surface area contributed by atoms with Crippen LogP contribution >= 0.6 is 7.82 Å². The highest BCUT2D eigenvalue weighted by Gasteiger charge is 2.29. The highest BCUT2D eigenvalue weighted by molar-refractivity contribution is 7.48. The van der Waals surface area contributed by atoms with E-state index in [0.29, 0.717) is 6.61 Å². The van der Waals surface area contributed by atoms with Gasteiger partial charge in [-0.2, -0.15) is 0 Å². The molecule has 14 heavy (non-hydrogen) atoms. The Morgan fingerprint density at radius 2 is 1.86 bits per heavy atom. The van der Waals surface area contributed by atoms with E-state index in [1.807, 2.05) is 6.92 Å². The molecule has 2 unspecified atom stereocenters. The van der Waals surface area contributed by atoms with Gasteiger partial charge in [0.15, 0.2) is 0 Å². The maximum absolute atomic E-state index is 11.7. The predicted molar refractivity (Wildman–Crippen MR) is 52.8 cm³/mol. The largest absolute Gasteiger partial charge is 0.502 e. The summed E-state index contributed by atoms with van der Waals surface area (Å²) in [6.45, 7) is 7.69. The zero-order chi connectivity index (χ0) is 11.0. The van der Waals surface area contributed by atoms with E-state index in [9.17, 15) is 4.57 Å². The molecular weight excluding hydrogens is 207 g/mol. The van der Waals surface area contributed by atoms with Crippen molar-refractivity contribution in [1.29, 1.82) is 0 Å². The molecule has 0 aromatic heterocycles. The molecule has 0 N–H and O–H groups in total. The van der Waals surface area contributed by atoms with E-state index >= 15 is 0 Å². The van der Waals surface area contributed by atoms with Crippen molar-refractivity contribution >= 4 is 7.82 Å². The zero-order valence-electron chi connectivity index (χ0n) is 9.19. The molecule has 0 radical (unpaired) electrons. The van der Waals surface area contributed by atoms with Gasteiger partial charge in [0, 0.05) is 0 Å². The molecule has 0 heterocycles. The standard InChI is InChI=1S/C8H19O5P/c1-5-8(4)12-14(9,11-7-3)13-10-6-2/h8H,5-7H2,1-4H3. The number of hydrogen-bond acceptors (Lipinski definition) is 5. The molecule has 0 aliphatic rings. The summed E-state index contributed by atoms with van der Waals surface area (Å²) in [5, 5.41) is 0. The van der Waals surface area contributed by atoms with Gasteiger partial charge in [-0.05, 0) is 27.2 Å². The summed E-state index contributed by atoms with van der Waals surface area (Å²) in [7, 11) is -3.53. The third kappa shape index (κ3) is 5.73. The average molecular weight is 226 g/mol. The van der Waals surface area contributed by atoms with Crippen LogP contribution in [0.15, 0.2) is 0 Å². The molecule has 0 aromatic carbocycles. The number of phosphoric acid groups is 1. The van der Waals surface area contributed by atoms with Crippen LogP contribution in [-0.4, -0.2) is 19.3 Å². The topological polar surface area (TPSA) is 54.0 Å². The van der Waals surface area contributed by atoms with Crippen LogP contribution in [0.25, 0.3) is 0 Å². The molecule has 0 aliphatic carbocycles. The summed E-state index contributed by atoms with van der Waals surface area (Å²) >= 11 is 0. The van der Waals surface area contributed by atoms with Crippen molar-refractivity contribution in [3.05, 3.63) is 0 Å². The van der Waals surface area contributed by atoms with E-state index in [1.54, 1.807) is 20.8 Å². The second-order valence-corrected chi connectivity index (χ2v) is 4.18. The van der Waals surface area contributed by atoms with Crippen LogP contribution in [0.2, 0.25) is 0 Å². The van der Waals surface area contributed by atoms with Crippen LogP contribution in [0.5, 0.6) is 0 Å². The summed E-state index contributed by atoms with van der Waals surface area (Å²) in [5.41, 5.74) is 0. The van der Waals surface area contributed by atoms with Crippen molar-refractivity contribution in [3.8, 4) is 0 Å². The maximum atomic E-state index is 11.7. The molecule has 5 nitrogen and oxygen atoms in total. The van der Waals surface area contributed by atoms with Gasteiger partial charge in [-0.15, -0.1) is 4.67 Å². The number of rotatable bonds is 8. The lowest BCUT2D eigenvalue weighted by Gasteiger charge is -2.18. The second-order valence-electron chi connectivity index (χ2n) is 2.67. The van der Waals surface area contributed by atoms with Gasteiger partial charge in [0.05, 0.1) is 19.3 Å². The highest BCUT2D eigenvalue weighted by Crippen LogP contribution is 2.50. The van der Waals surface area contributed by atoms with E-state index < -0.39 is 7.82 Å². The van der Waals surface area contributed by atoms with Gasteiger partial charge in [0.25, 0.3) is 0 Å². The predicted octanol–water partition coefficient (Wildman–Crippen LogP) is 2.91. The van der Waals surface area contributed by atoms with Crippen LogP contribution in [0, 0.1) is 0 Å². The molecule has 2 atom stereocenters. The Morgan fingerprint density at radius 1 is 1.21 bits per heavy atom. The Labute approximate surface area is 85.2 Å². The fourth-order valence-corrected chi connectivity index (χ4v) is 1.92. The van der Waals surface area contributed by atoms with Crippen LogP contribution < -0.4 is 0 Å². The maximum Gasteiger partial charge on any atom is 0.502 e. The lowest BCUT2D eigenvalue weighted by Crippen LogP contribution is -2.09. The van der Waals surface area contributed by atoms with Crippen LogP contribution in [0.1, 0.15) is 34.1 Å². The van der Waals surface area contributed by atoms with E-state index in [1.165, 1.54) is 0 Å². The first-order valence-corrected chi connectivity index (χ1v) is 6.28. The molecule has 0 rings (SSSR count). The molecule has 6 heteroatoms. The Balaban J connectivity index is 4.16. The van der Waals surface area contributed by atoms with Crippen LogP contribution in [-0.2, 0) is 23.2 Å². The van der Waals surface area contributed by atoms with Gasteiger partial charge in [0.2, 0.25) is 0 Å². The smallest absolute Gasteiger partial charge is 0.286 e. The molecule has 86 valence electrons. The SMILES string of the molecule is CCOOP(=O)(OCC)OC(C)CC. The second kappa shape index (κ2) is 7.37. The van der Waals surface area contributed by atoms with Crippen molar-refractivity contribution in [2.24, 2.45) is 0 Å². The summed E-state index contributed by atoms with van der Waals surface area (Å²) in [5.74, 6) is 0. The van der Waals surface area contributed by atoms with Crippen LogP contribution in [0.3, 0.4) is 0 Å². The summed E-state index contributed by atoms with van der Waals surface area (Å²) < 4.78 is 26.4. The summed E-state index contributed by atoms with van der Waals surface area (Å²) in [6, 6.07) is 0. The normalized spacial score (nSPS) is 17.7. The van der Waals surface area contributed by atoms with Gasteiger partial charge < -0.3 is 0 Å². The third-order valence-electron chi connectivity index (χ3n) is 1.43.